The second-order valence-corrected chi connectivity index (χ2v) is 11.7. The monoisotopic (exact) mass is 578 g/mol. The minimum atomic E-state index is -0.561. The van der Waals surface area contributed by atoms with Crippen LogP contribution in [0, 0.1) is 0 Å². The lowest BCUT2D eigenvalue weighted by Crippen LogP contribution is -2.52. The van der Waals surface area contributed by atoms with Crippen molar-refractivity contribution in [1.29, 1.82) is 0 Å². The van der Waals surface area contributed by atoms with Crippen molar-refractivity contribution in [1.82, 2.24) is 10.2 Å². The SMILES string of the molecule is O=C(NC1CCCC1)[C@@H](Cc1ccccc1)N(Cc1cccc(Br)c1)C(=O)CCSCc1ccccc1. The number of hydrogen-bond donors (Lipinski definition) is 1. The van der Waals surface area contributed by atoms with Crippen molar-refractivity contribution < 1.29 is 9.59 Å². The number of carbonyl (C=O) groups excluding carboxylic acids is 2. The number of nitrogens with zero attached hydrogens (tertiary/aromatic N) is 1. The summed E-state index contributed by atoms with van der Waals surface area (Å²) in [6, 6.07) is 28.0. The van der Waals surface area contributed by atoms with Crippen molar-refractivity contribution >= 4 is 39.5 Å². The number of rotatable bonds is 12. The van der Waals surface area contributed by atoms with Crippen LogP contribution >= 0.6 is 27.7 Å². The van der Waals surface area contributed by atoms with Crippen LogP contribution in [0.15, 0.2) is 89.4 Å². The van der Waals surface area contributed by atoms with Crippen LogP contribution < -0.4 is 5.32 Å². The van der Waals surface area contributed by atoms with Gasteiger partial charge in [0.2, 0.25) is 11.8 Å². The highest BCUT2D eigenvalue weighted by molar-refractivity contribution is 9.10. The average molecular weight is 580 g/mol. The minimum Gasteiger partial charge on any atom is -0.352 e. The van der Waals surface area contributed by atoms with Gasteiger partial charge >= 0.3 is 0 Å². The zero-order valence-electron chi connectivity index (χ0n) is 21.2. The summed E-state index contributed by atoms with van der Waals surface area (Å²) in [5.41, 5.74) is 3.31. The summed E-state index contributed by atoms with van der Waals surface area (Å²) in [6.07, 6.45) is 5.21. The highest BCUT2D eigenvalue weighted by Gasteiger charge is 2.32. The molecule has 0 unspecified atom stereocenters. The van der Waals surface area contributed by atoms with E-state index in [1.807, 2.05) is 77.7 Å². The molecule has 0 aromatic heterocycles. The van der Waals surface area contributed by atoms with E-state index >= 15 is 0 Å². The summed E-state index contributed by atoms with van der Waals surface area (Å²) >= 11 is 5.31. The van der Waals surface area contributed by atoms with E-state index in [4.69, 9.17) is 0 Å². The number of thioether (sulfide) groups is 1. The van der Waals surface area contributed by atoms with Gasteiger partial charge in [-0.05, 0) is 41.7 Å². The molecular weight excluding hydrogens is 544 g/mol. The molecule has 1 fully saturated rings. The number of amides is 2. The van der Waals surface area contributed by atoms with Gasteiger partial charge in [-0.3, -0.25) is 9.59 Å². The largest absolute Gasteiger partial charge is 0.352 e. The summed E-state index contributed by atoms with van der Waals surface area (Å²) in [6.45, 7) is 0.400. The Labute approximate surface area is 233 Å². The van der Waals surface area contributed by atoms with Crippen molar-refractivity contribution in [3.05, 3.63) is 106 Å². The molecule has 4 nitrogen and oxygen atoms in total. The maximum atomic E-state index is 13.7. The van der Waals surface area contributed by atoms with Gasteiger partial charge in [0, 0.05) is 41.4 Å². The van der Waals surface area contributed by atoms with Crippen molar-refractivity contribution in [3.63, 3.8) is 0 Å². The van der Waals surface area contributed by atoms with Crippen LogP contribution in [0.3, 0.4) is 0 Å². The molecule has 1 N–H and O–H groups in total. The van der Waals surface area contributed by atoms with Crippen LogP contribution in [-0.4, -0.2) is 34.6 Å². The van der Waals surface area contributed by atoms with E-state index in [9.17, 15) is 9.59 Å². The maximum Gasteiger partial charge on any atom is 0.243 e. The minimum absolute atomic E-state index is 0.0167. The highest BCUT2D eigenvalue weighted by Crippen LogP contribution is 2.22. The van der Waals surface area contributed by atoms with Gasteiger partial charge in [-0.25, -0.2) is 0 Å². The van der Waals surface area contributed by atoms with Gasteiger partial charge in [-0.2, -0.15) is 11.8 Å². The van der Waals surface area contributed by atoms with Crippen LogP contribution in [0.4, 0.5) is 0 Å². The van der Waals surface area contributed by atoms with Crippen LogP contribution in [0.25, 0.3) is 0 Å². The zero-order chi connectivity index (χ0) is 25.9. The molecular formula is C31H35BrN2O2S. The van der Waals surface area contributed by atoms with Gasteiger partial charge in [0.15, 0.2) is 0 Å². The highest BCUT2D eigenvalue weighted by atomic mass is 79.9. The van der Waals surface area contributed by atoms with Gasteiger partial charge in [0.05, 0.1) is 0 Å². The topological polar surface area (TPSA) is 49.4 Å². The van der Waals surface area contributed by atoms with Gasteiger partial charge in [-0.1, -0.05) is 102 Å². The Morgan fingerprint density at radius 3 is 2.22 bits per heavy atom. The van der Waals surface area contributed by atoms with E-state index in [1.165, 1.54) is 5.56 Å². The average Bonchev–Trinajstić information content (AvgIpc) is 3.43. The lowest BCUT2D eigenvalue weighted by molar-refractivity contribution is -0.141. The molecule has 0 heterocycles. The molecule has 1 aliphatic rings. The van der Waals surface area contributed by atoms with Gasteiger partial charge in [0.25, 0.3) is 0 Å². The van der Waals surface area contributed by atoms with Crippen LogP contribution in [0.1, 0.15) is 48.8 Å². The lowest BCUT2D eigenvalue weighted by Gasteiger charge is -2.32. The Morgan fingerprint density at radius 2 is 1.54 bits per heavy atom. The first kappa shape index (κ1) is 27.5. The summed E-state index contributed by atoms with van der Waals surface area (Å²) in [5.74, 6) is 1.56. The van der Waals surface area contributed by atoms with Crippen LogP contribution in [0.2, 0.25) is 0 Å². The molecule has 0 radical (unpaired) electrons. The normalized spacial score (nSPS) is 14.3. The molecule has 0 bridgehead atoms. The quantitative estimate of drug-likeness (QED) is 0.241. The fraction of sp³-hybridized carbons (Fsp3) is 0.355. The molecule has 194 valence electrons. The van der Waals surface area contributed by atoms with E-state index < -0.39 is 6.04 Å². The van der Waals surface area contributed by atoms with Gasteiger partial charge < -0.3 is 10.2 Å². The molecule has 1 atom stereocenters. The standard InChI is InChI=1S/C31H35BrN2O2S/c32-27-15-9-14-26(20-27)22-34(30(35)18-19-37-23-25-12-5-2-6-13-25)29(21-24-10-3-1-4-11-24)31(36)33-28-16-7-8-17-28/h1-6,9-15,20,28-29H,7-8,16-19,21-23H2,(H,33,36)/t29-/m1/s1. The molecule has 3 aromatic carbocycles. The van der Waals surface area contributed by atoms with Crippen molar-refractivity contribution in [2.45, 2.75) is 62.9 Å². The number of hydrogen-bond acceptors (Lipinski definition) is 3. The second kappa shape index (κ2) is 14.4. The Hall–Kier alpha value is -2.57. The molecule has 2 amide bonds. The molecule has 4 rings (SSSR count). The molecule has 6 heteroatoms. The molecule has 1 saturated carbocycles. The maximum absolute atomic E-state index is 13.7. The molecule has 3 aromatic rings. The summed E-state index contributed by atoms with van der Waals surface area (Å²) < 4.78 is 0.964. The number of carbonyl (C=O) groups is 2. The number of benzene rings is 3. The van der Waals surface area contributed by atoms with Gasteiger partial charge in [-0.15, -0.1) is 0 Å². The summed E-state index contributed by atoms with van der Waals surface area (Å²) in [7, 11) is 0. The molecule has 1 aliphatic carbocycles. The summed E-state index contributed by atoms with van der Waals surface area (Å²) in [4.78, 5) is 29.2. The lowest BCUT2D eigenvalue weighted by atomic mass is 10.0. The molecule has 0 aliphatic heterocycles. The van der Waals surface area contributed by atoms with E-state index in [2.05, 4.69) is 33.4 Å². The zero-order valence-corrected chi connectivity index (χ0v) is 23.6. The fourth-order valence-electron chi connectivity index (χ4n) is 4.82. The van der Waals surface area contributed by atoms with Crippen LogP contribution in [0.5, 0.6) is 0 Å². The first-order valence-corrected chi connectivity index (χ1v) is 15.0. The fourth-order valence-corrected chi connectivity index (χ4v) is 6.16. The van der Waals surface area contributed by atoms with E-state index in [-0.39, 0.29) is 17.9 Å². The third kappa shape index (κ3) is 8.75. The molecule has 37 heavy (non-hydrogen) atoms. The smallest absolute Gasteiger partial charge is 0.243 e. The van der Waals surface area contributed by atoms with E-state index in [0.29, 0.717) is 25.1 Å². The Kier molecular flexibility index (Phi) is 10.7. The van der Waals surface area contributed by atoms with E-state index in [1.54, 1.807) is 11.8 Å². The first-order valence-electron chi connectivity index (χ1n) is 13.1. The molecule has 0 saturated heterocycles. The van der Waals surface area contributed by atoms with Crippen molar-refractivity contribution in [2.75, 3.05) is 5.75 Å². The Balaban J connectivity index is 1.52. The van der Waals surface area contributed by atoms with Gasteiger partial charge in [0.1, 0.15) is 6.04 Å². The van der Waals surface area contributed by atoms with E-state index in [0.717, 1.165) is 47.0 Å². The third-order valence-electron chi connectivity index (χ3n) is 6.79. The third-order valence-corrected chi connectivity index (χ3v) is 8.31. The van der Waals surface area contributed by atoms with Crippen LogP contribution in [-0.2, 0) is 28.3 Å². The Bertz CT molecular complexity index is 1140. The Morgan fingerprint density at radius 1 is 0.892 bits per heavy atom. The predicted octanol–water partition coefficient (Wildman–Crippen LogP) is 6.77. The second-order valence-electron chi connectivity index (χ2n) is 9.64. The van der Waals surface area contributed by atoms with Crippen molar-refractivity contribution in [3.8, 4) is 0 Å². The summed E-state index contributed by atoms with van der Waals surface area (Å²) in [5, 5.41) is 3.27. The first-order chi connectivity index (χ1) is 18.1. The number of nitrogens with one attached hydrogen (secondary N) is 1. The molecule has 0 spiro atoms. The number of halogens is 1. The predicted molar refractivity (Wildman–Crippen MR) is 156 cm³/mol. The van der Waals surface area contributed by atoms with Crippen molar-refractivity contribution in [2.24, 2.45) is 0 Å².